The molecule has 1 aliphatic carbocycles. The summed E-state index contributed by atoms with van der Waals surface area (Å²) in [7, 11) is 0. The highest BCUT2D eigenvalue weighted by atomic mass is 16.2. The van der Waals surface area contributed by atoms with Crippen LogP contribution in [0.25, 0.3) is 0 Å². The zero-order valence-electron chi connectivity index (χ0n) is 17.3. The number of amides is 1. The van der Waals surface area contributed by atoms with Gasteiger partial charge in [-0.05, 0) is 60.2 Å². The summed E-state index contributed by atoms with van der Waals surface area (Å²) < 4.78 is 0. The van der Waals surface area contributed by atoms with Gasteiger partial charge < -0.3 is 5.32 Å². The summed E-state index contributed by atoms with van der Waals surface area (Å²) in [4.78, 5) is 16.2. The lowest BCUT2D eigenvalue weighted by molar-refractivity contribution is 0.0954. The highest BCUT2D eigenvalue weighted by Gasteiger charge is 2.37. The number of aromatic nitrogens is 1. The Morgan fingerprint density at radius 1 is 1.10 bits per heavy atom. The van der Waals surface area contributed by atoms with Crippen LogP contribution in [0, 0.1) is 5.92 Å². The Labute approximate surface area is 181 Å². The Balaban J connectivity index is 1.40. The smallest absolute Gasteiger partial charge is 0.272 e. The molecular weight excluding hydrogens is 384 g/mol. The van der Waals surface area contributed by atoms with Gasteiger partial charge in [-0.1, -0.05) is 48.6 Å². The standard InChI is InChI=1S/C26H24N4O/c1-17(29-30-26(31)20-9-6-14-27-16-20)19-12-13-24-23(15-19)21-10-5-11-22(21)25(28-24)18-7-3-2-4-8-18/h2-10,12-16,21-22,25,28H,11H2,1H3,(H,30,31)/b29-17-/t21-,22-,25-/m1/s1. The Morgan fingerprint density at radius 2 is 1.97 bits per heavy atom. The van der Waals surface area contributed by atoms with Gasteiger partial charge in [-0.25, -0.2) is 5.43 Å². The van der Waals surface area contributed by atoms with Crippen molar-refractivity contribution in [3.63, 3.8) is 0 Å². The Hall–Kier alpha value is -3.73. The minimum Gasteiger partial charge on any atom is -0.378 e. The number of nitrogens with zero attached hydrogens (tertiary/aromatic N) is 2. The first kappa shape index (κ1) is 19.2. The van der Waals surface area contributed by atoms with E-state index in [9.17, 15) is 4.79 Å². The van der Waals surface area contributed by atoms with Crippen LogP contribution in [0.15, 0.2) is 90.3 Å². The number of fused-ring (bicyclic) bond motifs is 3. The zero-order chi connectivity index (χ0) is 21.2. The van der Waals surface area contributed by atoms with Crippen LogP contribution in [0.3, 0.4) is 0 Å². The predicted octanol–water partition coefficient (Wildman–Crippen LogP) is 5.06. The van der Waals surface area contributed by atoms with Gasteiger partial charge in [0.15, 0.2) is 0 Å². The number of hydrazone groups is 1. The summed E-state index contributed by atoms with van der Waals surface area (Å²) in [6.07, 6.45) is 8.86. The van der Waals surface area contributed by atoms with Crippen LogP contribution in [-0.4, -0.2) is 16.6 Å². The van der Waals surface area contributed by atoms with Crippen LogP contribution >= 0.6 is 0 Å². The third-order valence-corrected chi connectivity index (χ3v) is 6.19. The molecule has 2 N–H and O–H groups in total. The molecule has 0 spiro atoms. The Morgan fingerprint density at radius 3 is 2.77 bits per heavy atom. The van der Waals surface area contributed by atoms with Crippen molar-refractivity contribution in [3.05, 3.63) is 107 Å². The molecule has 0 bridgehead atoms. The lowest BCUT2D eigenvalue weighted by atomic mass is 9.76. The van der Waals surface area contributed by atoms with Crippen molar-refractivity contribution in [2.24, 2.45) is 11.0 Å². The van der Waals surface area contributed by atoms with Crippen molar-refractivity contribution < 1.29 is 4.79 Å². The second-order valence-corrected chi connectivity index (χ2v) is 8.07. The molecule has 0 fully saturated rings. The summed E-state index contributed by atoms with van der Waals surface area (Å²) in [6.45, 7) is 1.91. The van der Waals surface area contributed by atoms with Crippen molar-refractivity contribution in [3.8, 4) is 0 Å². The quantitative estimate of drug-likeness (QED) is 0.360. The maximum Gasteiger partial charge on any atom is 0.272 e. The lowest BCUT2D eigenvalue weighted by Crippen LogP contribution is -2.29. The zero-order valence-corrected chi connectivity index (χ0v) is 17.3. The van der Waals surface area contributed by atoms with Gasteiger partial charge >= 0.3 is 0 Å². The monoisotopic (exact) mass is 408 g/mol. The number of carbonyl (C=O) groups is 1. The van der Waals surface area contributed by atoms with Crippen molar-refractivity contribution in [1.29, 1.82) is 0 Å². The molecule has 154 valence electrons. The lowest BCUT2D eigenvalue weighted by Gasteiger charge is -2.37. The highest BCUT2D eigenvalue weighted by Crippen LogP contribution is 2.49. The van der Waals surface area contributed by atoms with Gasteiger partial charge in [0.2, 0.25) is 0 Å². The van der Waals surface area contributed by atoms with Crippen LogP contribution < -0.4 is 10.7 Å². The fourth-order valence-corrected chi connectivity index (χ4v) is 4.57. The SMILES string of the molecule is C/C(=N/NC(=O)c1cccnc1)c1ccc2c(c1)[C@@H]1C=CC[C@H]1[C@@H](c1ccccc1)N2. The van der Waals surface area contributed by atoms with E-state index in [-0.39, 0.29) is 5.91 Å². The van der Waals surface area contributed by atoms with E-state index < -0.39 is 0 Å². The van der Waals surface area contributed by atoms with Crippen molar-refractivity contribution >= 4 is 17.3 Å². The molecule has 0 radical (unpaired) electrons. The summed E-state index contributed by atoms with van der Waals surface area (Å²) in [6, 6.07) is 20.8. The molecule has 5 heteroatoms. The fraction of sp³-hybridized carbons (Fsp3) is 0.192. The van der Waals surface area contributed by atoms with Gasteiger partial charge in [-0.15, -0.1) is 0 Å². The average Bonchev–Trinajstić information content (AvgIpc) is 3.33. The predicted molar refractivity (Wildman–Crippen MR) is 123 cm³/mol. The van der Waals surface area contributed by atoms with Gasteiger partial charge in [0.1, 0.15) is 0 Å². The van der Waals surface area contributed by atoms with E-state index in [1.807, 2.05) is 6.92 Å². The molecular formula is C26H24N4O. The molecule has 3 atom stereocenters. The summed E-state index contributed by atoms with van der Waals surface area (Å²) in [5.41, 5.74) is 8.67. The molecule has 2 aromatic carbocycles. The van der Waals surface area contributed by atoms with E-state index in [0.29, 0.717) is 23.4 Å². The molecule has 3 aromatic rings. The van der Waals surface area contributed by atoms with E-state index in [0.717, 1.165) is 23.4 Å². The number of carbonyl (C=O) groups excluding carboxylic acids is 1. The number of rotatable bonds is 4. The number of benzene rings is 2. The van der Waals surface area contributed by atoms with Crippen molar-refractivity contribution in [2.45, 2.75) is 25.3 Å². The van der Waals surface area contributed by atoms with E-state index in [1.54, 1.807) is 18.3 Å². The molecule has 5 nitrogen and oxygen atoms in total. The maximum absolute atomic E-state index is 12.3. The Kier molecular flexibility index (Phi) is 5.08. The van der Waals surface area contributed by atoms with Crippen LogP contribution in [0.1, 0.15) is 52.4 Å². The number of nitrogens with one attached hydrogen (secondary N) is 2. The van der Waals surface area contributed by atoms with Crippen LogP contribution in [0.2, 0.25) is 0 Å². The minimum atomic E-state index is -0.267. The number of anilines is 1. The molecule has 0 saturated heterocycles. The Bertz CT molecular complexity index is 1150. The summed E-state index contributed by atoms with van der Waals surface area (Å²) >= 11 is 0. The molecule has 2 heterocycles. The second kappa shape index (κ2) is 8.19. The first-order valence-corrected chi connectivity index (χ1v) is 10.6. The molecule has 31 heavy (non-hydrogen) atoms. The van der Waals surface area contributed by atoms with E-state index >= 15 is 0 Å². The molecule has 0 saturated carbocycles. The summed E-state index contributed by atoms with van der Waals surface area (Å²) in [5.74, 6) is 0.600. The number of hydrogen-bond acceptors (Lipinski definition) is 4. The third-order valence-electron chi connectivity index (χ3n) is 6.19. The van der Waals surface area contributed by atoms with Gasteiger partial charge in [0.05, 0.1) is 17.3 Å². The van der Waals surface area contributed by atoms with Crippen molar-refractivity contribution in [2.75, 3.05) is 5.32 Å². The molecule has 1 amide bonds. The second-order valence-electron chi connectivity index (χ2n) is 8.07. The van der Waals surface area contributed by atoms with E-state index in [4.69, 9.17) is 0 Å². The van der Waals surface area contributed by atoms with Gasteiger partial charge in [0, 0.05) is 24.0 Å². The molecule has 1 aromatic heterocycles. The fourth-order valence-electron chi connectivity index (χ4n) is 4.57. The highest BCUT2D eigenvalue weighted by molar-refractivity contribution is 6.01. The number of pyridine rings is 1. The summed E-state index contributed by atoms with van der Waals surface area (Å²) in [5, 5.41) is 8.08. The first-order valence-electron chi connectivity index (χ1n) is 10.6. The normalized spacial score (nSPS) is 21.7. The number of hydrogen-bond donors (Lipinski definition) is 2. The van der Waals surface area contributed by atoms with Crippen LogP contribution in [-0.2, 0) is 0 Å². The van der Waals surface area contributed by atoms with Crippen LogP contribution in [0.4, 0.5) is 5.69 Å². The molecule has 2 aliphatic rings. The molecule has 0 unspecified atom stereocenters. The average molecular weight is 409 g/mol. The van der Waals surface area contributed by atoms with Crippen molar-refractivity contribution in [1.82, 2.24) is 10.4 Å². The van der Waals surface area contributed by atoms with Gasteiger partial charge in [-0.3, -0.25) is 9.78 Å². The molecule has 5 rings (SSSR count). The minimum absolute atomic E-state index is 0.267. The van der Waals surface area contributed by atoms with E-state index in [2.05, 4.69) is 81.5 Å². The largest absolute Gasteiger partial charge is 0.378 e. The molecule has 1 aliphatic heterocycles. The topological polar surface area (TPSA) is 66.4 Å². The van der Waals surface area contributed by atoms with Gasteiger partial charge in [0.25, 0.3) is 5.91 Å². The van der Waals surface area contributed by atoms with E-state index in [1.165, 1.54) is 17.3 Å². The third kappa shape index (κ3) is 3.75. The first-order chi connectivity index (χ1) is 15.2. The number of allylic oxidation sites excluding steroid dienone is 2. The van der Waals surface area contributed by atoms with Gasteiger partial charge in [-0.2, -0.15) is 5.10 Å². The maximum atomic E-state index is 12.3. The van der Waals surface area contributed by atoms with Crippen LogP contribution in [0.5, 0.6) is 0 Å².